The minimum atomic E-state index is -0.117. The number of nitrogens with zero attached hydrogens (tertiary/aromatic N) is 2. The van der Waals surface area contributed by atoms with E-state index in [-0.39, 0.29) is 5.91 Å². The Morgan fingerprint density at radius 3 is 2.67 bits per heavy atom. The van der Waals surface area contributed by atoms with Crippen molar-refractivity contribution in [2.45, 2.75) is 0 Å². The van der Waals surface area contributed by atoms with Gasteiger partial charge in [0.15, 0.2) is 0 Å². The lowest BCUT2D eigenvalue weighted by molar-refractivity contribution is 0.0997. The van der Waals surface area contributed by atoms with Crippen LogP contribution in [-0.2, 0) is 0 Å². The van der Waals surface area contributed by atoms with Gasteiger partial charge in [-0.1, -0.05) is 12.1 Å². The molecule has 0 bridgehead atoms. The van der Waals surface area contributed by atoms with Gasteiger partial charge in [-0.2, -0.15) is 5.26 Å². The van der Waals surface area contributed by atoms with Gasteiger partial charge in [0.05, 0.1) is 19.9 Å². The highest BCUT2D eigenvalue weighted by molar-refractivity contribution is 9.11. The highest BCUT2D eigenvalue weighted by Crippen LogP contribution is 2.26. The molecule has 0 aliphatic rings. The predicted octanol–water partition coefficient (Wildman–Crippen LogP) is 3.66. The average molecular weight is 321 g/mol. The summed E-state index contributed by atoms with van der Waals surface area (Å²) in [5, 5.41) is 9.03. The van der Waals surface area contributed by atoms with Crippen molar-refractivity contribution in [3.05, 3.63) is 50.6 Å². The number of hydrogen-bond acceptors (Lipinski definition) is 3. The third-order valence-corrected chi connectivity index (χ3v) is 4.09. The molecule has 0 atom stereocenters. The van der Waals surface area contributed by atoms with Crippen LogP contribution in [0, 0.1) is 11.3 Å². The van der Waals surface area contributed by atoms with E-state index in [2.05, 4.69) is 22.0 Å². The van der Waals surface area contributed by atoms with Crippen molar-refractivity contribution in [2.75, 3.05) is 11.9 Å². The summed E-state index contributed by atoms with van der Waals surface area (Å²) in [7, 11) is 1.67. The van der Waals surface area contributed by atoms with Crippen LogP contribution >= 0.6 is 27.3 Å². The van der Waals surface area contributed by atoms with Crippen LogP contribution < -0.4 is 4.90 Å². The van der Waals surface area contributed by atoms with E-state index in [9.17, 15) is 4.79 Å². The molecule has 3 nitrogen and oxygen atoms in total. The molecule has 0 spiro atoms. The molecule has 0 aliphatic heterocycles. The van der Waals surface area contributed by atoms with Gasteiger partial charge in [0.2, 0.25) is 0 Å². The summed E-state index contributed by atoms with van der Waals surface area (Å²) < 4.78 is 0.910. The number of benzene rings is 1. The highest BCUT2D eigenvalue weighted by Gasteiger charge is 2.17. The summed E-state index contributed by atoms with van der Waals surface area (Å²) >= 11 is 4.70. The lowest BCUT2D eigenvalue weighted by Gasteiger charge is -2.17. The second-order valence-electron chi connectivity index (χ2n) is 3.60. The van der Waals surface area contributed by atoms with Gasteiger partial charge in [-0.25, -0.2) is 0 Å². The number of carbonyl (C=O) groups excluding carboxylic acids is 1. The Balaban J connectivity index is 2.34. The zero-order chi connectivity index (χ0) is 13.1. The quantitative estimate of drug-likeness (QED) is 0.847. The van der Waals surface area contributed by atoms with E-state index in [0.29, 0.717) is 16.1 Å². The summed E-state index contributed by atoms with van der Waals surface area (Å²) in [4.78, 5) is 14.4. The third-order valence-electron chi connectivity index (χ3n) is 2.47. The predicted molar refractivity (Wildman–Crippen MR) is 75.9 cm³/mol. The Bertz CT molecular complexity index is 630. The molecule has 1 amide bonds. The van der Waals surface area contributed by atoms with E-state index in [1.54, 1.807) is 31.3 Å². The van der Waals surface area contributed by atoms with Gasteiger partial charge in [-0.05, 0) is 40.2 Å². The molecule has 1 aromatic carbocycles. The molecular weight excluding hydrogens is 312 g/mol. The molecule has 0 unspecified atom stereocenters. The Kier molecular flexibility index (Phi) is 3.80. The fourth-order valence-corrected chi connectivity index (χ4v) is 2.93. The monoisotopic (exact) mass is 320 g/mol. The van der Waals surface area contributed by atoms with Gasteiger partial charge in [0, 0.05) is 7.05 Å². The van der Waals surface area contributed by atoms with Crippen molar-refractivity contribution in [3.63, 3.8) is 0 Å². The van der Waals surface area contributed by atoms with Gasteiger partial charge >= 0.3 is 0 Å². The van der Waals surface area contributed by atoms with Crippen LogP contribution in [0.25, 0.3) is 0 Å². The Hall–Kier alpha value is -1.64. The molecule has 2 aromatic rings. The van der Waals surface area contributed by atoms with Crippen LogP contribution in [0.15, 0.2) is 40.2 Å². The number of rotatable bonds is 2. The summed E-state index contributed by atoms with van der Waals surface area (Å²) in [6, 6.07) is 12.7. The van der Waals surface area contributed by atoms with Crippen molar-refractivity contribution in [2.24, 2.45) is 0 Å². The number of hydrogen-bond donors (Lipinski definition) is 0. The summed E-state index contributed by atoms with van der Waals surface area (Å²) in [5.41, 5.74) is 1.11. The molecular formula is C13H9BrN2OS. The van der Waals surface area contributed by atoms with Crippen molar-refractivity contribution in [1.82, 2.24) is 0 Å². The largest absolute Gasteiger partial charge is 0.309 e. The Morgan fingerprint density at radius 2 is 2.06 bits per heavy atom. The van der Waals surface area contributed by atoms with Crippen molar-refractivity contribution in [3.8, 4) is 6.07 Å². The zero-order valence-electron chi connectivity index (χ0n) is 9.55. The van der Waals surface area contributed by atoms with Gasteiger partial charge in [-0.3, -0.25) is 4.79 Å². The van der Waals surface area contributed by atoms with Crippen LogP contribution in [0.2, 0.25) is 0 Å². The molecule has 0 saturated carbocycles. The van der Waals surface area contributed by atoms with Crippen LogP contribution in [0.4, 0.5) is 5.69 Å². The van der Waals surface area contributed by atoms with Crippen LogP contribution in [0.5, 0.6) is 0 Å². The molecule has 1 heterocycles. The molecule has 1 aromatic heterocycles. The van der Waals surface area contributed by atoms with E-state index in [1.165, 1.54) is 16.2 Å². The molecule has 0 N–H and O–H groups in total. The SMILES string of the molecule is CN(C(=O)c1ccc(Br)s1)c1ccccc1C#N. The molecule has 0 saturated heterocycles. The fourth-order valence-electron chi connectivity index (χ4n) is 1.56. The van der Waals surface area contributed by atoms with Gasteiger partial charge in [-0.15, -0.1) is 11.3 Å². The maximum atomic E-state index is 12.2. The van der Waals surface area contributed by atoms with Gasteiger partial charge in [0.1, 0.15) is 6.07 Å². The van der Waals surface area contributed by atoms with E-state index >= 15 is 0 Å². The number of anilines is 1. The highest BCUT2D eigenvalue weighted by atomic mass is 79.9. The maximum absolute atomic E-state index is 12.2. The number of para-hydroxylation sites is 1. The maximum Gasteiger partial charge on any atom is 0.268 e. The van der Waals surface area contributed by atoms with Crippen LogP contribution in [-0.4, -0.2) is 13.0 Å². The number of halogens is 1. The van der Waals surface area contributed by atoms with Gasteiger partial charge < -0.3 is 4.90 Å². The van der Waals surface area contributed by atoms with Crippen LogP contribution in [0.1, 0.15) is 15.2 Å². The van der Waals surface area contributed by atoms with Crippen molar-refractivity contribution in [1.29, 1.82) is 5.26 Å². The lowest BCUT2D eigenvalue weighted by atomic mass is 10.2. The molecule has 90 valence electrons. The first kappa shape index (κ1) is 12.8. The minimum Gasteiger partial charge on any atom is -0.309 e. The van der Waals surface area contributed by atoms with E-state index in [1.807, 2.05) is 12.1 Å². The Morgan fingerprint density at radius 1 is 1.33 bits per heavy atom. The molecule has 0 aliphatic carbocycles. The number of nitriles is 1. The van der Waals surface area contributed by atoms with Gasteiger partial charge in [0.25, 0.3) is 5.91 Å². The van der Waals surface area contributed by atoms with E-state index in [0.717, 1.165) is 3.79 Å². The molecule has 18 heavy (non-hydrogen) atoms. The average Bonchev–Trinajstić information content (AvgIpc) is 2.83. The second-order valence-corrected chi connectivity index (χ2v) is 6.06. The first-order valence-electron chi connectivity index (χ1n) is 5.16. The molecule has 5 heteroatoms. The normalized spacial score (nSPS) is 9.83. The number of thiophene rings is 1. The summed E-state index contributed by atoms with van der Waals surface area (Å²) in [6.45, 7) is 0. The number of amides is 1. The number of carbonyl (C=O) groups is 1. The molecule has 0 fully saturated rings. The second kappa shape index (κ2) is 5.34. The smallest absolute Gasteiger partial charge is 0.268 e. The standard InChI is InChI=1S/C13H9BrN2OS/c1-16(10-5-3-2-4-9(10)8-15)13(17)11-6-7-12(14)18-11/h2-7H,1H3. The third kappa shape index (κ3) is 2.45. The topological polar surface area (TPSA) is 44.1 Å². The fraction of sp³-hybridized carbons (Fsp3) is 0.0769. The molecule has 2 rings (SSSR count). The zero-order valence-corrected chi connectivity index (χ0v) is 12.0. The minimum absolute atomic E-state index is 0.117. The first-order valence-corrected chi connectivity index (χ1v) is 6.77. The lowest BCUT2D eigenvalue weighted by Crippen LogP contribution is -2.26. The first-order chi connectivity index (χ1) is 8.63. The summed E-state index contributed by atoms with van der Waals surface area (Å²) in [5.74, 6) is -0.117. The molecule has 0 radical (unpaired) electrons. The Labute approximate surface area is 117 Å². The van der Waals surface area contributed by atoms with E-state index in [4.69, 9.17) is 5.26 Å². The van der Waals surface area contributed by atoms with Crippen molar-refractivity contribution >= 4 is 38.9 Å². The van der Waals surface area contributed by atoms with Crippen molar-refractivity contribution < 1.29 is 4.79 Å². The summed E-state index contributed by atoms with van der Waals surface area (Å²) in [6.07, 6.45) is 0. The van der Waals surface area contributed by atoms with E-state index < -0.39 is 0 Å². The van der Waals surface area contributed by atoms with Crippen LogP contribution in [0.3, 0.4) is 0 Å².